The lowest BCUT2D eigenvalue weighted by Gasteiger charge is -2.32. The molecule has 1 heterocycles. The van der Waals surface area contributed by atoms with Gasteiger partial charge in [0.25, 0.3) is 5.91 Å². The van der Waals surface area contributed by atoms with E-state index < -0.39 is 10.0 Å². The van der Waals surface area contributed by atoms with Crippen molar-refractivity contribution in [1.82, 2.24) is 4.31 Å². The molecule has 0 bridgehead atoms. The lowest BCUT2D eigenvalue weighted by molar-refractivity contribution is 0.0393. The predicted molar refractivity (Wildman–Crippen MR) is 99.7 cm³/mol. The molecule has 26 heavy (non-hydrogen) atoms. The van der Waals surface area contributed by atoms with Gasteiger partial charge in [-0.2, -0.15) is 4.31 Å². The van der Waals surface area contributed by atoms with Crippen LogP contribution in [0.25, 0.3) is 0 Å². The zero-order valence-electron chi connectivity index (χ0n) is 14.8. The number of hydrogen-bond acceptors (Lipinski definition) is 4. The van der Waals surface area contributed by atoms with Gasteiger partial charge >= 0.3 is 0 Å². The second-order valence-corrected chi connectivity index (χ2v) is 8.22. The highest BCUT2D eigenvalue weighted by molar-refractivity contribution is 7.89. The van der Waals surface area contributed by atoms with Crippen LogP contribution >= 0.6 is 0 Å². The van der Waals surface area contributed by atoms with E-state index in [1.165, 1.54) is 28.6 Å². The Kier molecular flexibility index (Phi) is 5.41. The van der Waals surface area contributed by atoms with Crippen LogP contribution in [0.15, 0.2) is 53.4 Å². The second-order valence-electron chi connectivity index (χ2n) is 6.33. The maximum absolute atomic E-state index is 12.8. The van der Waals surface area contributed by atoms with Gasteiger partial charge in [0.05, 0.1) is 18.1 Å². The molecule has 1 saturated heterocycles. The molecule has 7 heteroatoms. The number of aryl methyl sites for hydroxylation is 1. The first kappa shape index (κ1) is 18.6. The van der Waals surface area contributed by atoms with E-state index in [1.807, 2.05) is 38.1 Å². The van der Waals surface area contributed by atoms with Crippen molar-refractivity contribution >= 4 is 21.6 Å². The Morgan fingerprint density at radius 2 is 1.85 bits per heavy atom. The van der Waals surface area contributed by atoms with Crippen LogP contribution in [-0.4, -0.2) is 44.4 Å². The Bertz CT molecular complexity index is 894. The van der Waals surface area contributed by atoms with Crippen molar-refractivity contribution in [3.63, 3.8) is 0 Å². The van der Waals surface area contributed by atoms with Crippen LogP contribution in [0.3, 0.4) is 0 Å². The van der Waals surface area contributed by atoms with E-state index in [2.05, 4.69) is 5.32 Å². The minimum absolute atomic E-state index is 0.179. The molecule has 0 saturated carbocycles. The van der Waals surface area contributed by atoms with E-state index in [9.17, 15) is 13.2 Å². The number of carbonyl (C=O) groups excluding carboxylic acids is 1. The first-order valence-electron chi connectivity index (χ1n) is 8.46. The fourth-order valence-corrected chi connectivity index (χ4v) is 4.49. The number of rotatable bonds is 4. The quantitative estimate of drug-likeness (QED) is 0.893. The number of anilines is 1. The fraction of sp³-hybridized carbons (Fsp3) is 0.316. The van der Waals surface area contributed by atoms with Crippen LogP contribution in [0.2, 0.25) is 0 Å². The topological polar surface area (TPSA) is 75.7 Å². The van der Waals surface area contributed by atoms with Crippen molar-refractivity contribution in [1.29, 1.82) is 0 Å². The van der Waals surface area contributed by atoms with Gasteiger partial charge in [0.2, 0.25) is 10.0 Å². The molecule has 138 valence electrons. The summed E-state index contributed by atoms with van der Waals surface area (Å²) in [7, 11) is -3.60. The Morgan fingerprint density at radius 1 is 1.15 bits per heavy atom. The number of ether oxygens (including phenoxy) is 1. The minimum atomic E-state index is -3.60. The number of benzene rings is 2. The van der Waals surface area contributed by atoms with E-state index in [-0.39, 0.29) is 16.8 Å². The molecule has 0 aliphatic carbocycles. The SMILES string of the molecule is Cc1ccccc1NC(=O)c1ccc(S(=O)(=O)N2CCOCC2C)cc1. The van der Waals surface area contributed by atoms with Gasteiger partial charge in [-0.25, -0.2) is 8.42 Å². The molecule has 0 radical (unpaired) electrons. The highest BCUT2D eigenvalue weighted by Gasteiger charge is 2.31. The van der Waals surface area contributed by atoms with E-state index in [1.54, 1.807) is 0 Å². The summed E-state index contributed by atoms with van der Waals surface area (Å²) in [4.78, 5) is 12.6. The van der Waals surface area contributed by atoms with Crippen LogP contribution < -0.4 is 5.32 Å². The fourth-order valence-electron chi connectivity index (χ4n) is 2.89. The lowest BCUT2D eigenvalue weighted by atomic mass is 10.1. The molecule has 1 unspecified atom stereocenters. The van der Waals surface area contributed by atoms with Gasteiger partial charge in [-0.1, -0.05) is 18.2 Å². The van der Waals surface area contributed by atoms with E-state index in [0.717, 1.165) is 11.3 Å². The van der Waals surface area contributed by atoms with Gasteiger partial charge in [0.15, 0.2) is 0 Å². The van der Waals surface area contributed by atoms with Crippen molar-refractivity contribution in [3.05, 3.63) is 59.7 Å². The van der Waals surface area contributed by atoms with Gasteiger partial charge in [0.1, 0.15) is 0 Å². The zero-order valence-corrected chi connectivity index (χ0v) is 15.6. The molecule has 1 aliphatic rings. The Balaban J connectivity index is 1.77. The molecule has 6 nitrogen and oxygen atoms in total. The lowest BCUT2D eigenvalue weighted by Crippen LogP contribution is -2.46. The summed E-state index contributed by atoms with van der Waals surface area (Å²) in [6, 6.07) is 13.3. The molecule has 1 atom stereocenters. The summed E-state index contributed by atoms with van der Waals surface area (Å²) in [5.74, 6) is -0.275. The van der Waals surface area contributed by atoms with Crippen LogP contribution in [0.1, 0.15) is 22.8 Å². The smallest absolute Gasteiger partial charge is 0.255 e. The zero-order chi connectivity index (χ0) is 18.7. The van der Waals surface area contributed by atoms with Gasteiger partial charge in [0, 0.05) is 23.8 Å². The molecule has 1 amide bonds. The third-order valence-corrected chi connectivity index (χ3v) is 6.45. The molecule has 2 aromatic carbocycles. The molecule has 3 rings (SSSR count). The number of nitrogens with zero attached hydrogens (tertiary/aromatic N) is 1. The van der Waals surface area contributed by atoms with Crippen LogP contribution in [0.5, 0.6) is 0 Å². The van der Waals surface area contributed by atoms with Crippen LogP contribution in [0, 0.1) is 6.92 Å². The Morgan fingerprint density at radius 3 is 2.50 bits per heavy atom. The number of morpholine rings is 1. The maximum Gasteiger partial charge on any atom is 0.255 e. The van der Waals surface area contributed by atoms with E-state index >= 15 is 0 Å². The molecule has 1 aliphatic heterocycles. The summed E-state index contributed by atoms with van der Waals surface area (Å²) in [5, 5.41) is 2.84. The number of sulfonamides is 1. The highest BCUT2D eigenvalue weighted by Crippen LogP contribution is 2.21. The molecule has 2 aromatic rings. The monoisotopic (exact) mass is 374 g/mol. The summed E-state index contributed by atoms with van der Waals surface area (Å²) in [6.07, 6.45) is 0. The second kappa shape index (κ2) is 7.57. The summed E-state index contributed by atoms with van der Waals surface area (Å²) < 4.78 is 32.3. The maximum atomic E-state index is 12.8. The standard InChI is InChI=1S/C19H22N2O4S/c1-14-5-3-4-6-18(14)20-19(22)16-7-9-17(10-8-16)26(23,24)21-11-12-25-13-15(21)2/h3-10,15H,11-13H2,1-2H3,(H,20,22). The number of nitrogens with one attached hydrogen (secondary N) is 1. The van der Waals surface area contributed by atoms with Gasteiger partial charge in [-0.05, 0) is 49.7 Å². The van der Waals surface area contributed by atoms with Crippen molar-refractivity contribution in [2.75, 3.05) is 25.1 Å². The number of carbonyl (C=O) groups is 1. The molecule has 1 N–H and O–H groups in total. The summed E-state index contributed by atoms with van der Waals surface area (Å²) in [6.45, 7) is 4.84. The Hall–Kier alpha value is -2.22. The first-order valence-corrected chi connectivity index (χ1v) is 9.90. The summed E-state index contributed by atoms with van der Waals surface area (Å²) in [5.41, 5.74) is 2.10. The normalized spacial score (nSPS) is 18.5. The van der Waals surface area contributed by atoms with Crippen molar-refractivity contribution in [2.24, 2.45) is 0 Å². The van der Waals surface area contributed by atoms with Crippen molar-refractivity contribution < 1.29 is 17.9 Å². The van der Waals surface area contributed by atoms with Gasteiger partial charge < -0.3 is 10.1 Å². The molecule has 0 spiro atoms. The van der Waals surface area contributed by atoms with Crippen LogP contribution in [-0.2, 0) is 14.8 Å². The molecular weight excluding hydrogens is 352 g/mol. The van der Waals surface area contributed by atoms with Gasteiger partial charge in [-0.15, -0.1) is 0 Å². The van der Waals surface area contributed by atoms with Crippen molar-refractivity contribution in [3.8, 4) is 0 Å². The number of amides is 1. The predicted octanol–water partition coefficient (Wildman–Crippen LogP) is 2.66. The molecule has 1 fully saturated rings. The molecule has 0 aromatic heterocycles. The highest BCUT2D eigenvalue weighted by atomic mass is 32.2. The average Bonchev–Trinajstić information content (AvgIpc) is 2.64. The average molecular weight is 374 g/mol. The van der Waals surface area contributed by atoms with Crippen LogP contribution in [0.4, 0.5) is 5.69 Å². The van der Waals surface area contributed by atoms with Crippen molar-refractivity contribution in [2.45, 2.75) is 24.8 Å². The largest absolute Gasteiger partial charge is 0.378 e. The minimum Gasteiger partial charge on any atom is -0.378 e. The number of para-hydroxylation sites is 1. The third kappa shape index (κ3) is 3.80. The van der Waals surface area contributed by atoms with E-state index in [4.69, 9.17) is 4.74 Å². The first-order chi connectivity index (χ1) is 12.4. The Labute approximate surface area is 153 Å². The number of hydrogen-bond donors (Lipinski definition) is 1. The third-order valence-electron chi connectivity index (χ3n) is 4.42. The molecular formula is C19H22N2O4S. The summed E-state index contributed by atoms with van der Waals surface area (Å²) >= 11 is 0. The van der Waals surface area contributed by atoms with E-state index in [0.29, 0.717) is 25.3 Å². The van der Waals surface area contributed by atoms with Gasteiger partial charge in [-0.3, -0.25) is 4.79 Å².